The van der Waals surface area contributed by atoms with E-state index in [2.05, 4.69) is 60.8 Å². The van der Waals surface area contributed by atoms with Gasteiger partial charge in [-0.1, -0.05) is 32.9 Å². The Morgan fingerprint density at radius 2 is 1.73 bits per heavy atom. The predicted octanol–water partition coefficient (Wildman–Crippen LogP) is 4.33. The molecule has 0 atom stereocenters. The molecular weight excluding hydrogens is 324 g/mol. The van der Waals surface area contributed by atoms with Crippen LogP contribution in [-0.4, -0.2) is 21.7 Å². The zero-order valence-electron chi connectivity index (χ0n) is 16.2. The van der Waals surface area contributed by atoms with Gasteiger partial charge >= 0.3 is 0 Å². The smallest absolute Gasteiger partial charge is 0.227 e. The molecule has 1 heterocycles. The summed E-state index contributed by atoms with van der Waals surface area (Å²) in [6.07, 6.45) is 7.39. The van der Waals surface area contributed by atoms with Crippen LogP contribution in [0.4, 0.5) is 11.4 Å². The molecule has 1 saturated carbocycles. The van der Waals surface area contributed by atoms with Crippen molar-refractivity contribution in [3.05, 3.63) is 42.2 Å². The van der Waals surface area contributed by atoms with E-state index >= 15 is 0 Å². The lowest BCUT2D eigenvalue weighted by Crippen LogP contribution is -2.32. The van der Waals surface area contributed by atoms with E-state index in [0.717, 1.165) is 31.4 Å². The van der Waals surface area contributed by atoms with Crippen molar-refractivity contribution in [3.8, 4) is 0 Å². The number of hydrogen-bond acceptors (Lipinski definition) is 3. The number of anilines is 2. The van der Waals surface area contributed by atoms with Crippen LogP contribution in [0, 0.1) is 5.92 Å². The van der Waals surface area contributed by atoms with Crippen molar-refractivity contribution in [1.29, 1.82) is 0 Å². The fourth-order valence-electron chi connectivity index (χ4n) is 3.53. The molecule has 0 aliphatic heterocycles. The van der Waals surface area contributed by atoms with Crippen LogP contribution in [-0.2, 0) is 17.3 Å². The number of rotatable bonds is 4. The van der Waals surface area contributed by atoms with Gasteiger partial charge in [0.05, 0.1) is 11.9 Å². The molecule has 0 unspecified atom stereocenters. The number of nitrogens with one attached hydrogen (secondary N) is 2. The molecule has 0 radical (unpaired) electrons. The lowest BCUT2D eigenvalue weighted by molar-refractivity contribution is -0.120. The van der Waals surface area contributed by atoms with Crippen LogP contribution >= 0.6 is 0 Å². The largest absolute Gasteiger partial charge is 0.382 e. The van der Waals surface area contributed by atoms with Gasteiger partial charge in [-0.25, -0.2) is 0 Å². The lowest BCUT2D eigenvalue weighted by atomic mass is 9.85. The number of hydrogen-bond donors (Lipinski definition) is 2. The Morgan fingerprint density at radius 1 is 1.08 bits per heavy atom. The van der Waals surface area contributed by atoms with Crippen LogP contribution in [0.25, 0.3) is 0 Å². The first-order valence-corrected chi connectivity index (χ1v) is 9.48. The molecule has 1 aliphatic rings. The number of aryl methyl sites for hydroxylation is 1. The van der Waals surface area contributed by atoms with Crippen LogP contribution in [0.1, 0.15) is 52.0 Å². The zero-order chi connectivity index (χ0) is 18.7. The predicted molar refractivity (Wildman–Crippen MR) is 106 cm³/mol. The molecule has 1 aromatic carbocycles. The number of amides is 1. The van der Waals surface area contributed by atoms with Gasteiger partial charge in [0.2, 0.25) is 5.91 Å². The van der Waals surface area contributed by atoms with Gasteiger partial charge in [-0.15, -0.1) is 0 Å². The highest BCUT2D eigenvalue weighted by atomic mass is 16.1. The van der Waals surface area contributed by atoms with E-state index in [1.165, 1.54) is 11.3 Å². The maximum atomic E-state index is 12.4. The average Bonchev–Trinajstić information content (AvgIpc) is 3.00. The van der Waals surface area contributed by atoms with Gasteiger partial charge in [0.25, 0.3) is 0 Å². The summed E-state index contributed by atoms with van der Waals surface area (Å²) in [4.78, 5) is 12.4. The summed E-state index contributed by atoms with van der Waals surface area (Å²) >= 11 is 0. The summed E-state index contributed by atoms with van der Waals surface area (Å²) in [7, 11) is 1.85. The minimum atomic E-state index is 0.0940. The number of carbonyl (C=O) groups is 1. The van der Waals surface area contributed by atoms with Crippen molar-refractivity contribution in [3.63, 3.8) is 0 Å². The van der Waals surface area contributed by atoms with E-state index in [1.54, 1.807) is 10.9 Å². The van der Waals surface area contributed by atoms with Gasteiger partial charge in [0, 0.05) is 30.9 Å². The van der Waals surface area contributed by atoms with Crippen molar-refractivity contribution >= 4 is 17.3 Å². The standard InChI is InChI=1S/C21H30N4O/c1-21(2,3)16-7-11-18(12-8-16)23-17-9-5-15(6-10-17)20(26)24-19-13-22-25(4)14-19/h7-8,11-15,17,23H,5-6,9-10H2,1-4H3,(H,24,26). The minimum Gasteiger partial charge on any atom is -0.382 e. The summed E-state index contributed by atoms with van der Waals surface area (Å²) in [6, 6.07) is 9.19. The molecule has 1 aliphatic carbocycles. The monoisotopic (exact) mass is 354 g/mol. The second-order valence-electron chi connectivity index (χ2n) is 8.41. The Balaban J connectivity index is 1.48. The van der Waals surface area contributed by atoms with E-state index in [0.29, 0.717) is 6.04 Å². The quantitative estimate of drug-likeness (QED) is 0.859. The molecule has 1 aromatic heterocycles. The van der Waals surface area contributed by atoms with Crippen molar-refractivity contribution in [1.82, 2.24) is 9.78 Å². The minimum absolute atomic E-state index is 0.0940. The van der Waals surface area contributed by atoms with Crippen molar-refractivity contribution in [2.45, 2.75) is 57.9 Å². The average molecular weight is 354 g/mol. The summed E-state index contributed by atoms with van der Waals surface area (Å²) < 4.78 is 1.70. The summed E-state index contributed by atoms with van der Waals surface area (Å²) in [5, 5.41) is 10.7. The molecule has 26 heavy (non-hydrogen) atoms. The highest BCUT2D eigenvalue weighted by Crippen LogP contribution is 2.29. The highest BCUT2D eigenvalue weighted by molar-refractivity contribution is 5.92. The van der Waals surface area contributed by atoms with Crippen molar-refractivity contribution in [2.24, 2.45) is 13.0 Å². The lowest BCUT2D eigenvalue weighted by Gasteiger charge is -2.29. The van der Waals surface area contributed by atoms with Gasteiger partial charge in [0.15, 0.2) is 0 Å². The molecular formula is C21H30N4O. The van der Waals surface area contributed by atoms with Crippen LogP contribution < -0.4 is 10.6 Å². The Morgan fingerprint density at radius 3 is 2.27 bits per heavy atom. The topological polar surface area (TPSA) is 59.0 Å². The maximum Gasteiger partial charge on any atom is 0.227 e. The number of nitrogens with zero attached hydrogens (tertiary/aromatic N) is 2. The summed E-state index contributed by atoms with van der Waals surface area (Å²) in [5.74, 6) is 0.211. The van der Waals surface area contributed by atoms with Crippen LogP contribution in [0.2, 0.25) is 0 Å². The molecule has 2 N–H and O–H groups in total. The SMILES string of the molecule is Cn1cc(NC(=O)C2CCC(Nc3ccc(C(C)(C)C)cc3)CC2)cn1. The third-order valence-electron chi connectivity index (χ3n) is 5.19. The zero-order valence-corrected chi connectivity index (χ0v) is 16.2. The number of benzene rings is 1. The normalized spacial score (nSPS) is 20.6. The van der Waals surface area contributed by atoms with Gasteiger partial charge in [-0.2, -0.15) is 5.10 Å². The Labute approximate surface area is 156 Å². The van der Waals surface area contributed by atoms with Gasteiger partial charge in [0.1, 0.15) is 0 Å². The molecule has 140 valence electrons. The number of carbonyl (C=O) groups excluding carboxylic acids is 1. The first-order valence-electron chi connectivity index (χ1n) is 9.48. The highest BCUT2D eigenvalue weighted by Gasteiger charge is 2.26. The van der Waals surface area contributed by atoms with Crippen molar-refractivity contribution < 1.29 is 4.79 Å². The fraction of sp³-hybridized carbons (Fsp3) is 0.524. The third kappa shape index (κ3) is 4.65. The molecule has 2 aromatic rings. The van der Waals surface area contributed by atoms with E-state index in [9.17, 15) is 4.79 Å². The first kappa shape index (κ1) is 18.5. The second-order valence-corrected chi connectivity index (χ2v) is 8.41. The molecule has 3 rings (SSSR count). The van der Waals surface area contributed by atoms with Gasteiger partial charge in [-0.05, 0) is 48.8 Å². The summed E-state index contributed by atoms with van der Waals surface area (Å²) in [6.45, 7) is 6.69. The molecule has 5 nitrogen and oxygen atoms in total. The van der Waals surface area contributed by atoms with Gasteiger partial charge in [-0.3, -0.25) is 9.48 Å². The second kappa shape index (κ2) is 7.52. The van der Waals surface area contributed by atoms with Crippen LogP contribution in [0.3, 0.4) is 0 Å². The van der Waals surface area contributed by atoms with Crippen LogP contribution in [0.5, 0.6) is 0 Å². The van der Waals surface area contributed by atoms with E-state index < -0.39 is 0 Å². The first-order chi connectivity index (χ1) is 12.3. The molecule has 1 fully saturated rings. The van der Waals surface area contributed by atoms with E-state index in [-0.39, 0.29) is 17.2 Å². The number of aromatic nitrogens is 2. The van der Waals surface area contributed by atoms with E-state index in [4.69, 9.17) is 0 Å². The van der Waals surface area contributed by atoms with Crippen molar-refractivity contribution in [2.75, 3.05) is 10.6 Å². The molecule has 5 heteroatoms. The molecule has 0 saturated heterocycles. The van der Waals surface area contributed by atoms with E-state index in [1.807, 2.05) is 13.2 Å². The molecule has 0 spiro atoms. The maximum absolute atomic E-state index is 12.4. The van der Waals surface area contributed by atoms with Crippen LogP contribution in [0.15, 0.2) is 36.7 Å². The Hall–Kier alpha value is -2.30. The van der Waals surface area contributed by atoms with Gasteiger partial charge < -0.3 is 10.6 Å². The molecule has 1 amide bonds. The Bertz CT molecular complexity index is 734. The third-order valence-corrected chi connectivity index (χ3v) is 5.19. The summed E-state index contributed by atoms with van der Waals surface area (Å²) in [5.41, 5.74) is 3.47. The Kier molecular flexibility index (Phi) is 5.35. The fourth-order valence-corrected chi connectivity index (χ4v) is 3.53. The molecule has 0 bridgehead atoms.